The fraction of sp³-hybridized carbons (Fsp3) is 0.538. The van der Waals surface area contributed by atoms with Gasteiger partial charge in [-0.3, -0.25) is 4.79 Å². The number of nitrogen functional groups attached to an aromatic ring is 1. The molecule has 20 heavy (non-hydrogen) atoms. The molecule has 0 bridgehead atoms. The Morgan fingerprint density at radius 1 is 1.45 bits per heavy atom. The van der Waals surface area contributed by atoms with E-state index in [0.717, 1.165) is 13.0 Å². The Labute approximate surface area is 123 Å². The van der Waals surface area contributed by atoms with Crippen molar-refractivity contribution >= 4 is 23.3 Å². The summed E-state index contributed by atoms with van der Waals surface area (Å²) in [5, 5.41) is 3.20. The number of halogens is 1. The van der Waals surface area contributed by atoms with Crippen LogP contribution in [0.1, 0.15) is 29.6 Å². The Balaban J connectivity index is 1.75. The number of amides is 1. The number of hydrogen-bond donors (Lipinski definition) is 3. The molecule has 110 valence electrons. The van der Waals surface area contributed by atoms with Gasteiger partial charge in [0.05, 0.1) is 10.6 Å². The summed E-state index contributed by atoms with van der Waals surface area (Å²) in [6.07, 6.45) is 4.99. The summed E-state index contributed by atoms with van der Waals surface area (Å²) in [4.78, 5) is 18.3. The first kappa shape index (κ1) is 15.0. The van der Waals surface area contributed by atoms with Crippen LogP contribution in [0.5, 0.6) is 0 Å². The van der Waals surface area contributed by atoms with Crippen molar-refractivity contribution in [3.05, 3.63) is 22.8 Å². The number of aromatic nitrogens is 1. The highest BCUT2D eigenvalue weighted by atomic mass is 35.5. The van der Waals surface area contributed by atoms with E-state index >= 15 is 0 Å². The van der Waals surface area contributed by atoms with Crippen LogP contribution in [-0.4, -0.2) is 42.0 Å². The van der Waals surface area contributed by atoms with Crippen LogP contribution in [0.25, 0.3) is 0 Å². The molecule has 0 aromatic carbocycles. The van der Waals surface area contributed by atoms with Gasteiger partial charge in [0.1, 0.15) is 0 Å². The van der Waals surface area contributed by atoms with E-state index in [4.69, 9.17) is 17.4 Å². The third-order valence-electron chi connectivity index (χ3n) is 3.38. The average molecular weight is 298 g/mol. The summed E-state index contributed by atoms with van der Waals surface area (Å²) in [5.41, 5.74) is 2.80. The van der Waals surface area contributed by atoms with E-state index in [1.54, 1.807) is 6.07 Å². The van der Waals surface area contributed by atoms with Crippen molar-refractivity contribution in [2.24, 2.45) is 5.84 Å². The molecule has 1 aliphatic rings. The van der Waals surface area contributed by atoms with Gasteiger partial charge < -0.3 is 15.6 Å². The van der Waals surface area contributed by atoms with Crippen LogP contribution in [0.4, 0.5) is 5.82 Å². The van der Waals surface area contributed by atoms with Crippen LogP contribution in [0.15, 0.2) is 12.3 Å². The molecule has 7 heteroatoms. The van der Waals surface area contributed by atoms with Gasteiger partial charge in [-0.1, -0.05) is 11.6 Å². The van der Waals surface area contributed by atoms with Crippen molar-refractivity contribution in [3.8, 4) is 0 Å². The number of nitrogens with two attached hydrogens (primary N) is 1. The summed E-state index contributed by atoms with van der Waals surface area (Å²) in [7, 11) is 0. The molecule has 1 amide bonds. The normalized spacial score (nSPS) is 15.3. The number of rotatable bonds is 6. The Morgan fingerprint density at radius 3 is 2.85 bits per heavy atom. The van der Waals surface area contributed by atoms with Crippen molar-refractivity contribution in [1.29, 1.82) is 0 Å². The standard InChI is InChI=1S/C13H20ClN5O/c14-11-8-10(9-17-12(11)18-15)13(20)16-4-3-7-19-5-1-2-6-19/h8-9H,1-7,15H2,(H,16,20)(H,17,18). The number of nitrogens with zero attached hydrogens (tertiary/aromatic N) is 2. The molecular formula is C13H20ClN5O. The van der Waals surface area contributed by atoms with Gasteiger partial charge in [0, 0.05) is 12.7 Å². The third-order valence-corrected chi connectivity index (χ3v) is 3.66. The molecule has 1 aromatic rings. The van der Waals surface area contributed by atoms with E-state index < -0.39 is 0 Å². The van der Waals surface area contributed by atoms with Crippen molar-refractivity contribution in [1.82, 2.24) is 15.2 Å². The lowest BCUT2D eigenvalue weighted by Gasteiger charge is -2.14. The Bertz CT molecular complexity index is 462. The summed E-state index contributed by atoms with van der Waals surface area (Å²) in [6, 6.07) is 1.56. The van der Waals surface area contributed by atoms with Crippen LogP contribution in [0.3, 0.4) is 0 Å². The van der Waals surface area contributed by atoms with Gasteiger partial charge in [-0.2, -0.15) is 0 Å². The van der Waals surface area contributed by atoms with Crippen LogP contribution >= 0.6 is 11.6 Å². The van der Waals surface area contributed by atoms with E-state index in [1.807, 2.05) is 0 Å². The van der Waals surface area contributed by atoms with Crippen molar-refractivity contribution in [2.75, 3.05) is 31.6 Å². The largest absolute Gasteiger partial charge is 0.352 e. The zero-order valence-corrected chi connectivity index (χ0v) is 12.1. The van der Waals surface area contributed by atoms with Crippen LogP contribution in [-0.2, 0) is 0 Å². The second kappa shape index (κ2) is 7.42. The summed E-state index contributed by atoms with van der Waals surface area (Å²) in [5.74, 6) is 5.43. The molecule has 2 rings (SSSR count). The number of carbonyl (C=O) groups excluding carboxylic acids is 1. The lowest BCUT2D eigenvalue weighted by molar-refractivity contribution is 0.0951. The van der Waals surface area contributed by atoms with Gasteiger partial charge in [0.15, 0.2) is 5.82 Å². The Morgan fingerprint density at radius 2 is 2.20 bits per heavy atom. The topological polar surface area (TPSA) is 83.3 Å². The number of hydrogen-bond acceptors (Lipinski definition) is 5. The maximum absolute atomic E-state index is 11.9. The minimum Gasteiger partial charge on any atom is -0.352 e. The number of nitrogens with one attached hydrogen (secondary N) is 2. The van der Waals surface area contributed by atoms with Crippen LogP contribution in [0.2, 0.25) is 5.02 Å². The maximum atomic E-state index is 11.9. The van der Waals surface area contributed by atoms with Gasteiger partial charge >= 0.3 is 0 Å². The fourth-order valence-corrected chi connectivity index (χ4v) is 2.50. The number of anilines is 1. The second-order valence-corrected chi connectivity index (χ2v) is 5.26. The van der Waals surface area contributed by atoms with E-state index in [0.29, 0.717) is 22.9 Å². The molecule has 6 nitrogen and oxygen atoms in total. The van der Waals surface area contributed by atoms with Gasteiger partial charge in [0.2, 0.25) is 0 Å². The van der Waals surface area contributed by atoms with Crippen molar-refractivity contribution in [3.63, 3.8) is 0 Å². The number of carbonyl (C=O) groups is 1. The third kappa shape index (κ3) is 4.06. The fourth-order valence-electron chi connectivity index (χ4n) is 2.28. The SMILES string of the molecule is NNc1ncc(C(=O)NCCCN2CCCC2)cc1Cl. The first-order chi connectivity index (χ1) is 9.70. The molecule has 4 N–H and O–H groups in total. The summed E-state index contributed by atoms with van der Waals surface area (Å²) >= 11 is 5.93. The second-order valence-electron chi connectivity index (χ2n) is 4.86. The molecule has 0 saturated carbocycles. The monoisotopic (exact) mass is 297 g/mol. The summed E-state index contributed by atoms with van der Waals surface area (Å²) < 4.78 is 0. The zero-order valence-electron chi connectivity index (χ0n) is 11.4. The van der Waals surface area contributed by atoms with Crippen molar-refractivity contribution < 1.29 is 4.79 Å². The quantitative estimate of drug-likeness (QED) is 0.418. The molecule has 0 atom stereocenters. The lowest BCUT2D eigenvalue weighted by atomic mass is 10.2. The highest BCUT2D eigenvalue weighted by molar-refractivity contribution is 6.33. The smallest absolute Gasteiger partial charge is 0.252 e. The first-order valence-corrected chi connectivity index (χ1v) is 7.21. The molecule has 0 aliphatic carbocycles. The van der Waals surface area contributed by atoms with Gasteiger partial charge in [-0.25, -0.2) is 10.8 Å². The Kier molecular flexibility index (Phi) is 5.58. The minimum atomic E-state index is -0.163. The van der Waals surface area contributed by atoms with E-state index in [1.165, 1.54) is 32.1 Å². The highest BCUT2D eigenvalue weighted by Gasteiger charge is 2.12. The summed E-state index contributed by atoms with van der Waals surface area (Å²) in [6.45, 7) is 4.06. The molecular weight excluding hydrogens is 278 g/mol. The number of pyridine rings is 1. The van der Waals surface area contributed by atoms with E-state index in [2.05, 4.69) is 20.6 Å². The van der Waals surface area contributed by atoms with Crippen LogP contribution in [0, 0.1) is 0 Å². The predicted molar refractivity (Wildman–Crippen MR) is 79.7 cm³/mol. The highest BCUT2D eigenvalue weighted by Crippen LogP contribution is 2.18. The minimum absolute atomic E-state index is 0.163. The van der Waals surface area contributed by atoms with E-state index in [-0.39, 0.29) is 5.91 Å². The molecule has 2 heterocycles. The number of likely N-dealkylation sites (tertiary alicyclic amines) is 1. The molecule has 1 aromatic heterocycles. The van der Waals surface area contributed by atoms with Gasteiger partial charge in [-0.15, -0.1) is 0 Å². The van der Waals surface area contributed by atoms with Gasteiger partial charge in [0.25, 0.3) is 5.91 Å². The molecule has 0 radical (unpaired) electrons. The van der Waals surface area contributed by atoms with Crippen LogP contribution < -0.4 is 16.6 Å². The first-order valence-electron chi connectivity index (χ1n) is 6.83. The van der Waals surface area contributed by atoms with Crippen molar-refractivity contribution in [2.45, 2.75) is 19.3 Å². The number of hydrazine groups is 1. The maximum Gasteiger partial charge on any atom is 0.252 e. The van der Waals surface area contributed by atoms with Gasteiger partial charge in [-0.05, 0) is 45.0 Å². The molecule has 0 spiro atoms. The van der Waals surface area contributed by atoms with E-state index in [9.17, 15) is 4.79 Å². The molecule has 0 unspecified atom stereocenters. The predicted octanol–water partition coefficient (Wildman–Crippen LogP) is 1.24. The zero-order chi connectivity index (χ0) is 14.4. The molecule has 1 saturated heterocycles. The Hall–Kier alpha value is -1.37. The molecule has 1 aliphatic heterocycles. The molecule has 1 fully saturated rings. The average Bonchev–Trinajstić information content (AvgIpc) is 2.96. The lowest BCUT2D eigenvalue weighted by Crippen LogP contribution is -2.28.